The normalized spacial score (nSPS) is 35.0. The van der Waals surface area contributed by atoms with Crippen molar-refractivity contribution in [2.45, 2.75) is 130 Å². The van der Waals surface area contributed by atoms with E-state index in [1.807, 2.05) is 17.0 Å². The monoisotopic (exact) mass is 708 g/mol. The number of halogens is 1. The molecule has 6 aliphatic rings. The van der Waals surface area contributed by atoms with Gasteiger partial charge in [0.1, 0.15) is 0 Å². The van der Waals surface area contributed by atoms with E-state index in [0.717, 1.165) is 48.6 Å². The van der Waals surface area contributed by atoms with Gasteiger partial charge in [0.15, 0.2) is 12.1 Å². The zero-order chi connectivity index (χ0) is 34.1. The Kier molecular flexibility index (Phi) is 11.1. The van der Waals surface area contributed by atoms with Crippen molar-refractivity contribution in [2.75, 3.05) is 39.8 Å². The van der Waals surface area contributed by atoms with Crippen molar-refractivity contribution in [3.05, 3.63) is 41.4 Å². The summed E-state index contributed by atoms with van der Waals surface area (Å²) in [5.41, 5.74) is 1.17. The second-order valence-electron chi connectivity index (χ2n) is 15.3. The third-order valence-corrected chi connectivity index (χ3v) is 14.5. The van der Waals surface area contributed by atoms with Gasteiger partial charge in [0.25, 0.3) is 0 Å². The number of ether oxygens (including phenoxy) is 1. The highest BCUT2D eigenvalue weighted by atomic mass is 35.5. The van der Waals surface area contributed by atoms with Crippen molar-refractivity contribution in [2.24, 2.45) is 5.92 Å². The molecule has 7 atom stereocenters. The first-order valence-corrected chi connectivity index (χ1v) is 19.9. The molecule has 3 saturated heterocycles. The molecule has 9 nitrogen and oxygen atoms in total. The van der Waals surface area contributed by atoms with Gasteiger partial charge < -0.3 is 14.5 Å². The summed E-state index contributed by atoms with van der Waals surface area (Å²) in [6, 6.07) is 8.50. The Morgan fingerprint density at radius 3 is 2.63 bits per heavy atom. The highest BCUT2D eigenvalue weighted by Crippen LogP contribution is 2.55. The summed E-state index contributed by atoms with van der Waals surface area (Å²) in [4.78, 5) is 38.4. The fraction of sp³-hybridized carbons (Fsp3) is 0.711. The van der Waals surface area contributed by atoms with E-state index >= 15 is 4.79 Å². The Balaban J connectivity index is 1.25. The van der Waals surface area contributed by atoms with E-state index < -0.39 is 11.1 Å². The summed E-state index contributed by atoms with van der Waals surface area (Å²) in [7, 11) is 2.19. The molecule has 0 bridgehead atoms. The number of amides is 1. The van der Waals surface area contributed by atoms with Crippen LogP contribution in [0.1, 0.15) is 82.6 Å². The molecular formula is C38H53ClN6O3S. The average molecular weight is 709 g/mol. The molecule has 5 fully saturated rings. The molecule has 2 saturated carbocycles. The number of nitrogens with zero attached hydrogens (tertiary/aromatic N) is 5. The number of carbonyl (C=O) groups is 2. The van der Waals surface area contributed by atoms with E-state index in [2.05, 4.69) is 45.8 Å². The number of ketones is 1. The van der Waals surface area contributed by atoms with Crippen LogP contribution >= 0.6 is 23.4 Å². The van der Waals surface area contributed by atoms with Crippen molar-refractivity contribution in [3.8, 4) is 6.07 Å². The van der Waals surface area contributed by atoms with Gasteiger partial charge in [0, 0.05) is 42.5 Å². The maximum Gasteiger partial charge on any atom is 0.246 e. The van der Waals surface area contributed by atoms with E-state index in [-0.39, 0.29) is 42.3 Å². The smallest absolute Gasteiger partial charge is 0.246 e. The Morgan fingerprint density at radius 2 is 1.92 bits per heavy atom. The average Bonchev–Trinajstić information content (AvgIpc) is 3.69. The van der Waals surface area contributed by atoms with Crippen LogP contribution in [0.15, 0.2) is 35.7 Å². The van der Waals surface area contributed by atoms with Crippen LogP contribution in [0.2, 0.25) is 5.02 Å². The minimum Gasteiger partial charge on any atom is -0.348 e. The van der Waals surface area contributed by atoms with Gasteiger partial charge in [-0.1, -0.05) is 62.4 Å². The maximum atomic E-state index is 15.0. The number of Topliss-reactive ketones (excluding diaryl/α,β-unsaturated/α-hetero) is 1. The van der Waals surface area contributed by atoms with Crippen LogP contribution in [-0.4, -0.2) is 113 Å². The molecular weight excluding hydrogens is 656 g/mol. The number of hydrogen-bond donors (Lipinski definition) is 1. The number of benzene rings is 1. The van der Waals surface area contributed by atoms with Crippen molar-refractivity contribution in [1.29, 1.82) is 5.26 Å². The lowest BCUT2D eigenvalue weighted by molar-refractivity contribution is -0.213. The predicted molar refractivity (Wildman–Crippen MR) is 193 cm³/mol. The number of rotatable bonds is 7. The first-order chi connectivity index (χ1) is 23.8. The summed E-state index contributed by atoms with van der Waals surface area (Å²) >= 11 is 8.38. The molecule has 1 aromatic carbocycles. The zero-order valence-corrected chi connectivity index (χ0v) is 30.6. The molecule has 1 aromatic rings. The summed E-state index contributed by atoms with van der Waals surface area (Å²) in [5, 5.41) is 14.5. The van der Waals surface area contributed by atoms with E-state index in [1.165, 1.54) is 50.2 Å². The fourth-order valence-corrected chi connectivity index (χ4v) is 11.7. The Bertz CT molecular complexity index is 1430. The van der Waals surface area contributed by atoms with Crippen molar-refractivity contribution < 1.29 is 14.3 Å². The molecule has 1 N–H and O–H groups in total. The van der Waals surface area contributed by atoms with Crippen LogP contribution in [0.3, 0.4) is 0 Å². The van der Waals surface area contributed by atoms with Crippen molar-refractivity contribution >= 4 is 35.1 Å². The molecule has 266 valence electrons. The molecule has 2 aliphatic carbocycles. The third kappa shape index (κ3) is 6.98. The molecule has 49 heavy (non-hydrogen) atoms. The number of likely N-dealkylation sites (N-methyl/N-ethyl adjacent to an activating group) is 1. The number of likely N-dealkylation sites (tertiary alicyclic amines) is 1. The van der Waals surface area contributed by atoms with Crippen molar-refractivity contribution in [1.82, 2.24) is 24.9 Å². The van der Waals surface area contributed by atoms with Crippen LogP contribution in [0.5, 0.6) is 0 Å². The second kappa shape index (κ2) is 15.3. The van der Waals surface area contributed by atoms with Gasteiger partial charge in [-0.25, -0.2) is 4.90 Å². The van der Waals surface area contributed by atoms with Gasteiger partial charge in [-0.15, -0.1) is 11.8 Å². The molecule has 11 heteroatoms. The molecule has 4 heterocycles. The zero-order valence-electron chi connectivity index (χ0n) is 29.0. The van der Waals surface area contributed by atoms with E-state index in [9.17, 15) is 10.1 Å². The fourth-order valence-electron chi connectivity index (χ4n) is 9.84. The Labute approximate surface area is 301 Å². The van der Waals surface area contributed by atoms with Crippen LogP contribution in [0.25, 0.3) is 0 Å². The van der Waals surface area contributed by atoms with Crippen molar-refractivity contribution in [3.63, 3.8) is 0 Å². The Morgan fingerprint density at radius 1 is 1.12 bits per heavy atom. The quantitative estimate of drug-likeness (QED) is 0.373. The standard InChI is InChI=1S/C38H53ClN6O3S/c1-3-32(46)44-22-21-43(24-28(44)17-19-40)36-30-16-18-38(23-26-11-9-15-31(39)34(26)49-38)35(47)33(30)41-37(48-25-29-14-10-20-42(29)2)45(36)27-12-7-5-4-6-8-13-27/h3,9,11,15,27-30,33,36-37,41H,1,4-8,10,12-14,16-18,20-25H2,2H3/t28?,29?,30?,33?,36?,37?,38-/m1/s1. The topological polar surface area (TPSA) is 92.2 Å². The number of piperazine rings is 1. The van der Waals surface area contributed by atoms with Crippen LogP contribution in [-0.2, 0) is 20.7 Å². The second-order valence-corrected chi connectivity index (χ2v) is 17.1. The van der Waals surface area contributed by atoms with Gasteiger partial charge >= 0.3 is 0 Å². The number of nitriles is 1. The number of carbonyl (C=O) groups excluding carboxylic acids is 2. The number of fused-ring (bicyclic) bond motifs is 2. The third-order valence-electron chi connectivity index (χ3n) is 12.4. The SMILES string of the molecule is C=CC(=O)N1CCN(C2C3CC[C@@]4(Cc5cccc(Cl)c5S4)C(=O)C3NC(OCC3CCCN3C)N2C2CCCCCCC2)CC1CC#N. The lowest BCUT2D eigenvalue weighted by Crippen LogP contribution is -2.77. The molecule has 0 radical (unpaired) electrons. The van der Waals surface area contributed by atoms with E-state index in [4.69, 9.17) is 16.3 Å². The molecule has 1 amide bonds. The van der Waals surface area contributed by atoms with Gasteiger partial charge in [-0.2, -0.15) is 5.26 Å². The molecule has 6 unspecified atom stereocenters. The van der Waals surface area contributed by atoms with Gasteiger partial charge in [0.05, 0.1) is 47.1 Å². The number of thioether (sulfide) groups is 1. The van der Waals surface area contributed by atoms with Gasteiger partial charge in [0.2, 0.25) is 5.91 Å². The summed E-state index contributed by atoms with van der Waals surface area (Å²) < 4.78 is 6.47. The molecule has 7 rings (SSSR count). The molecule has 0 aromatic heterocycles. The van der Waals surface area contributed by atoms with Crippen LogP contribution < -0.4 is 5.32 Å². The lowest BCUT2D eigenvalue weighted by atomic mass is 9.71. The number of hydrogen-bond acceptors (Lipinski definition) is 9. The van der Waals surface area contributed by atoms with Gasteiger partial charge in [-0.05, 0) is 76.2 Å². The Hall–Kier alpha value is -1.97. The first kappa shape index (κ1) is 35.4. The maximum absolute atomic E-state index is 15.0. The predicted octanol–water partition coefficient (Wildman–Crippen LogP) is 5.43. The van der Waals surface area contributed by atoms with E-state index in [0.29, 0.717) is 44.7 Å². The number of nitrogens with one attached hydrogen (secondary N) is 1. The highest BCUT2D eigenvalue weighted by molar-refractivity contribution is 8.02. The van der Waals surface area contributed by atoms with Crippen LogP contribution in [0, 0.1) is 17.2 Å². The molecule has 4 aliphatic heterocycles. The summed E-state index contributed by atoms with van der Waals surface area (Å²) in [6.07, 6.45) is 14.3. The summed E-state index contributed by atoms with van der Waals surface area (Å²) in [6.45, 7) is 7.27. The minimum atomic E-state index is -0.539. The highest BCUT2D eigenvalue weighted by Gasteiger charge is 2.59. The minimum absolute atomic E-state index is 0.0390. The van der Waals surface area contributed by atoms with Gasteiger partial charge in [-0.3, -0.25) is 19.8 Å². The molecule has 1 spiro atoms. The van der Waals surface area contributed by atoms with E-state index in [1.54, 1.807) is 11.8 Å². The van der Waals surface area contributed by atoms with Crippen LogP contribution in [0.4, 0.5) is 0 Å². The first-order valence-electron chi connectivity index (χ1n) is 18.7. The largest absolute Gasteiger partial charge is 0.348 e. The summed E-state index contributed by atoms with van der Waals surface area (Å²) in [5.74, 6) is 0.207. The lowest BCUT2D eigenvalue weighted by Gasteiger charge is -2.59.